The van der Waals surface area contributed by atoms with Crippen molar-refractivity contribution in [1.82, 2.24) is 0 Å². The quantitative estimate of drug-likeness (QED) is 0.623. The van der Waals surface area contributed by atoms with Gasteiger partial charge in [0, 0.05) is 16.4 Å². The average molecular weight is 416 g/mol. The average Bonchev–Trinajstić information content (AvgIpc) is 2.42. The standard InChI is InChI=1S/C19H21BrF3NO/c20-18-8-12-4-13(9-18)7-17(6-12,11-18)10-16(25)24-15-3-1-2-14(5-15)19(21,22)23/h1-3,5,12-13H,4,6-11H2,(H,24,25)/t12-,13-,17?,18?/m1/s1. The Morgan fingerprint density at radius 1 is 1.20 bits per heavy atom. The normalized spacial score (nSPS) is 36.5. The lowest BCUT2D eigenvalue weighted by atomic mass is 9.48. The number of hydrogen-bond donors (Lipinski definition) is 1. The minimum Gasteiger partial charge on any atom is -0.326 e. The lowest BCUT2D eigenvalue weighted by molar-refractivity contribution is -0.137. The highest BCUT2D eigenvalue weighted by molar-refractivity contribution is 9.10. The van der Waals surface area contributed by atoms with Gasteiger partial charge >= 0.3 is 6.18 Å². The van der Waals surface area contributed by atoms with Crippen LogP contribution in [0.25, 0.3) is 0 Å². The molecule has 25 heavy (non-hydrogen) atoms. The van der Waals surface area contributed by atoms with Crippen LogP contribution in [0.4, 0.5) is 18.9 Å². The van der Waals surface area contributed by atoms with E-state index in [1.165, 1.54) is 31.4 Å². The molecule has 2 atom stereocenters. The summed E-state index contributed by atoms with van der Waals surface area (Å²) in [4.78, 5) is 12.6. The van der Waals surface area contributed by atoms with Gasteiger partial charge in [-0.2, -0.15) is 13.2 Å². The summed E-state index contributed by atoms with van der Waals surface area (Å²) in [6.07, 6.45) is 2.82. The molecule has 0 heterocycles. The molecule has 1 amide bonds. The lowest BCUT2D eigenvalue weighted by Crippen LogP contribution is -2.53. The predicted molar refractivity (Wildman–Crippen MR) is 93.5 cm³/mol. The summed E-state index contributed by atoms with van der Waals surface area (Å²) in [6, 6.07) is 4.86. The van der Waals surface area contributed by atoms with Gasteiger partial charge in [-0.05, 0) is 74.0 Å². The molecule has 1 aromatic carbocycles. The molecule has 4 fully saturated rings. The second-order valence-corrected chi connectivity index (χ2v) is 10.1. The molecule has 4 aliphatic rings. The largest absolute Gasteiger partial charge is 0.416 e. The number of amides is 1. The molecule has 2 nitrogen and oxygen atoms in total. The molecule has 1 aromatic rings. The van der Waals surface area contributed by atoms with Crippen LogP contribution in [0.3, 0.4) is 0 Å². The van der Waals surface area contributed by atoms with E-state index in [2.05, 4.69) is 21.2 Å². The summed E-state index contributed by atoms with van der Waals surface area (Å²) < 4.78 is 38.6. The summed E-state index contributed by atoms with van der Waals surface area (Å²) in [7, 11) is 0. The van der Waals surface area contributed by atoms with Gasteiger partial charge < -0.3 is 5.32 Å². The third-order valence-corrected chi connectivity index (χ3v) is 7.05. The van der Waals surface area contributed by atoms with Crippen LogP contribution in [0.15, 0.2) is 24.3 Å². The molecule has 1 N–H and O–H groups in total. The number of alkyl halides is 4. The molecule has 136 valence electrons. The van der Waals surface area contributed by atoms with Crippen molar-refractivity contribution in [3.63, 3.8) is 0 Å². The highest BCUT2D eigenvalue weighted by atomic mass is 79.9. The molecule has 0 radical (unpaired) electrons. The molecule has 5 rings (SSSR count). The molecule has 0 spiro atoms. The minimum absolute atomic E-state index is 0.0132. The second kappa shape index (κ2) is 5.73. The molecular formula is C19H21BrF3NO. The Hall–Kier alpha value is -1.04. The highest BCUT2D eigenvalue weighted by Gasteiger charge is 2.57. The highest BCUT2D eigenvalue weighted by Crippen LogP contribution is 2.65. The first-order valence-corrected chi connectivity index (χ1v) is 9.60. The van der Waals surface area contributed by atoms with Gasteiger partial charge in [-0.1, -0.05) is 22.0 Å². The number of carbonyl (C=O) groups is 1. The maximum Gasteiger partial charge on any atom is 0.416 e. The van der Waals surface area contributed by atoms with E-state index < -0.39 is 11.7 Å². The summed E-state index contributed by atoms with van der Waals surface area (Å²) in [6.45, 7) is 0. The third-order valence-electron chi connectivity index (χ3n) is 6.12. The minimum atomic E-state index is -4.40. The number of nitrogens with one attached hydrogen (secondary N) is 1. The third kappa shape index (κ3) is 3.46. The van der Waals surface area contributed by atoms with Crippen molar-refractivity contribution in [3.05, 3.63) is 29.8 Å². The van der Waals surface area contributed by atoms with Crippen LogP contribution in [0.2, 0.25) is 0 Å². The van der Waals surface area contributed by atoms with Crippen molar-refractivity contribution >= 4 is 27.5 Å². The monoisotopic (exact) mass is 415 g/mol. The zero-order valence-electron chi connectivity index (χ0n) is 13.8. The Balaban J connectivity index is 1.46. The smallest absolute Gasteiger partial charge is 0.326 e. The van der Waals surface area contributed by atoms with Crippen molar-refractivity contribution in [3.8, 4) is 0 Å². The Labute approximate surface area is 153 Å². The van der Waals surface area contributed by atoms with Crippen molar-refractivity contribution in [2.75, 3.05) is 5.32 Å². The van der Waals surface area contributed by atoms with E-state index in [0.717, 1.165) is 31.4 Å². The molecule has 6 heteroatoms. The Morgan fingerprint density at radius 2 is 1.88 bits per heavy atom. The van der Waals surface area contributed by atoms with Gasteiger partial charge in [-0.15, -0.1) is 0 Å². The number of hydrogen-bond acceptors (Lipinski definition) is 1. The van der Waals surface area contributed by atoms with E-state index in [1.54, 1.807) is 0 Å². The fourth-order valence-electron chi connectivity index (χ4n) is 5.86. The summed E-state index contributed by atoms with van der Waals surface area (Å²) in [5.74, 6) is 1.20. The maximum atomic E-state index is 12.8. The summed E-state index contributed by atoms with van der Waals surface area (Å²) in [5, 5.41) is 2.69. The van der Waals surface area contributed by atoms with Gasteiger partial charge in [0.05, 0.1) is 5.56 Å². The van der Waals surface area contributed by atoms with E-state index in [0.29, 0.717) is 18.3 Å². The Kier molecular flexibility index (Phi) is 3.98. The number of halogens is 4. The Bertz CT molecular complexity index is 688. The van der Waals surface area contributed by atoms with Gasteiger partial charge in [0.15, 0.2) is 0 Å². The number of benzene rings is 1. The van der Waals surface area contributed by atoms with Gasteiger partial charge in [-0.25, -0.2) is 0 Å². The number of carbonyl (C=O) groups excluding carboxylic acids is 1. The molecule has 0 aromatic heterocycles. The first-order valence-electron chi connectivity index (χ1n) is 8.81. The first-order chi connectivity index (χ1) is 11.6. The lowest BCUT2D eigenvalue weighted by Gasteiger charge is -2.60. The fourth-order valence-corrected chi connectivity index (χ4v) is 7.37. The zero-order chi connectivity index (χ0) is 17.9. The van der Waals surface area contributed by atoms with E-state index in [9.17, 15) is 18.0 Å². The van der Waals surface area contributed by atoms with Crippen LogP contribution in [-0.4, -0.2) is 10.2 Å². The van der Waals surface area contributed by atoms with Gasteiger partial charge in [0.25, 0.3) is 0 Å². The van der Waals surface area contributed by atoms with Crippen molar-refractivity contribution in [2.24, 2.45) is 17.3 Å². The number of rotatable bonds is 3. The molecule has 0 unspecified atom stereocenters. The van der Waals surface area contributed by atoms with Gasteiger partial charge in [0.1, 0.15) is 0 Å². The maximum absolute atomic E-state index is 12.8. The van der Waals surface area contributed by atoms with Crippen LogP contribution in [0.5, 0.6) is 0 Å². The van der Waals surface area contributed by atoms with E-state index in [-0.39, 0.29) is 21.3 Å². The molecule has 4 bridgehead atoms. The van der Waals surface area contributed by atoms with Crippen LogP contribution < -0.4 is 5.32 Å². The van der Waals surface area contributed by atoms with Crippen molar-refractivity contribution in [2.45, 2.75) is 55.4 Å². The molecule has 4 aliphatic carbocycles. The summed E-state index contributed by atoms with van der Waals surface area (Å²) >= 11 is 3.92. The van der Waals surface area contributed by atoms with Gasteiger partial charge in [-0.3, -0.25) is 4.79 Å². The molecule has 0 aliphatic heterocycles. The zero-order valence-corrected chi connectivity index (χ0v) is 15.4. The van der Waals surface area contributed by atoms with Crippen molar-refractivity contribution in [1.29, 1.82) is 0 Å². The van der Waals surface area contributed by atoms with Crippen LogP contribution in [0, 0.1) is 17.3 Å². The van der Waals surface area contributed by atoms with Crippen LogP contribution >= 0.6 is 15.9 Å². The van der Waals surface area contributed by atoms with Gasteiger partial charge in [0.2, 0.25) is 5.91 Å². The SMILES string of the molecule is O=C(CC12C[C@H]3C[C@@H](CC(Br)(C3)C1)C2)Nc1cccc(C(F)(F)F)c1. The van der Waals surface area contributed by atoms with Crippen LogP contribution in [-0.2, 0) is 11.0 Å². The Morgan fingerprint density at radius 3 is 2.48 bits per heavy atom. The molecule has 4 saturated carbocycles. The summed E-state index contributed by atoms with van der Waals surface area (Å²) in [5.41, 5.74) is -0.503. The van der Waals surface area contributed by atoms with E-state index in [4.69, 9.17) is 0 Å². The van der Waals surface area contributed by atoms with Crippen molar-refractivity contribution < 1.29 is 18.0 Å². The number of anilines is 1. The fraction of sp³-hybridized carbons (Fsp3) is 0.632. The second-order valence-electron chi connectivity index (χ2n) is 8.42. The van der Waals surface area contributed by atoms with E-state index in [1.807, 2.05) is 0 Å². The first kappa shape index (κ1) is 17.4. The predicted octanol–water partition coefficient (Wildman–Crippen LogP) is 5.77. The topological polar surface area (TPSA) is 29.1 Å². The molecular weight excluding hydrogens is 395 g/mol. The molecule has 0 saturated heterocycles. The van der Waals surface area contributed by atoms with Crippen LogP contribution in [0.1, 0.15) is 50.5 Å². The van der Waals surface area contributed by atoms with E-state index >= 15 is 0 Å².